The van der Waals surface area contributed by atoms with Crippen molar-refractivity contribution in [1.82, 2.24) is 0 Å². The van der Waals surface area contributed by atoms with Crippen molar-refractivity contribution in [2.45, 2.75) is 109 Å². The first-order chi connectivity index (χ1) is 14.8. The van der Waals surface area contributed by atoms with Crippen LogP contribution in [0, 0.1) is 40.4 Å². The van der Waals surface area contributed by atoms with Crippen LogP contribution in [0.1, 0.15) is 85.5 Å². The van der Waals surface area contributed by atoms with Crippen molar-refractivity contribution in [2.24, 2.45) is 40.4 Å². The molecule has 186 valence electrons. The Kier molecular flexibility index (Phi) is 6.07. The van der Waals surface area contributed by atoms with Crippen molar-refractivity contribution < 1.29 is 27.8 Å². The first-order valence-corrected chi connectivity index (χ1v) is 12.6. The van der Waals surface area contributed by atoms with E-state index in [9.17, 15) is 18.3 Å². The van der Waals surface area contributed by atoms with E-state index in [-0.39, 0.29) is 41.6 Å². The fraction of sp³-hybridized carbons (Fsp3) is 1.00. The maximum absolute atomic E-state index is 13.9. The van der Waals surface area contributed by atoms with Gasteiger partial charge in [0.15, 0.2) is 5.60 Å². The van der Waals surface area contributed by atoms with Gasteiger partial charge in [-0.2, -0.15) is 13.2 Å². The van der Waals surface area contributed by atoms with E-state index in [1.807, 2.05) is 13.8 Å². The SMILES string of the molecule is CO[C@H](C)[C@](C)(O)[C@H]1CC[C@H]2[C@@H]3CC[C@@H]4C[C@@](OC)(C(F)(F)F)CC[C@]4(C)[C@H]3CC[C@]12C. The second-order valence-corrected chi connectivity index (χ2v) is 12.3. The molecule has 0 aromatic rings. The van der Waals surface area contributed by atoms with Gasteiger partial charge in [-0.1, -0.05) is 13.8 Å². The van der Waals surface area contributed by atoms with E-state index in [0.29, 0.717) is 24.2 Å². The third-order valence-corrected chi connectivity index (χ3v) is 11.5. The minimum Gasteiger partial charge on any atom is -0.387 e. The van der Waals surface area contributed by atoms with Crippen LogP contribution in [0.25, 0.3) is 0 Å². The molecule has 6 heteroatoms. The second kappa shape index (κ2) is 7.84. The van der Waals surface area contributed by atoms with Crippen molar-refractivity contribution in [2.75, 3.05) is 14.2 Å². The molecule has 0 saturated heterocycles. The standard InChI is InChI=1S/C26H43F3O3/c1-16(31-5)24(4,30)21-10-9-19-18-8-7-17-15-25(32-6,26(27,28)29)14-13-22(17,2)20(18)11-12-23(19,21)3/h16-21,30H,7-15H2,1-6H3/t16-,17-,18+,19+,20+,21+,22+,23+,24+,25-/m1/s1. The van der Waals surface area contributed by atoms with Gasteiger partial charge in [0.1, 0.15) is 0 Å². The Morgan fingerprint density at radius 3 is 2.16 bits per heavy atom. The monoisotopic (exact) mass is 460 g/mol. The lowest BCUT2D eigenvalue weighted by Gasteiger charge is -2.63. The Morgan fingerprint density at radius 1 is 0.906 bits per heavy atom. The molecule has 0 spiro atoms. The number of rotatable bonds is 4. The number of halogens is 3. The third-order valence-electron chi connectivity index (χ3n) is 11.5. The topological polar surface area (TPSA) is 38.7 Å². The number of aliphatic hydroxyl groups is 1. The lowest BCUT2D eigenvalue weighted by atomic mass is 9.43. The van der Waals surface area contributed by atoms with E-state index in [1.165, 1.54) is 7.11 Å². The van der Waals surface area contributed by atoms with Gasteiger partial charge in [-0.3, -0.25) is 0 Å². The molecule has 0 aliphatic heterocycles. The molecule has 4 saturated carbocycles. The average Bonchev–Trinajstić information content (AvgIpc) is 3.09. The number of methoxy groups -OCH3 is 2. The van der Waals surface area contributed by atoms with Gasteiger partial charge in [0, 0.05) is 14.2 Å². The van der Waals surface area contributed by atoms with Crippen LogP contribution in [0.3, 0.4) is 0 Å². The first kappa shape index (κ1) is 24.8. The minimum atomic E-state index is -4.31. The lowest BCUT2D eigenvalue weighted by molar-refractivity contribution is -0.299. The Labute approximate surface area is 191 Å². The Hall–Kier alpha value is -0.330. The zero-order valence-electron chi connectivity index (χ0n) is 20.7. The van der Waals surface area contributed by atoms with Crippen molar-refractivity contribution in [3.8, 4) is 0 Å². The molecule has 4 aliphatic rings. The van der Waals surface area contributed by atoms with E-state index in [2.05, 4.69) is 13.8 Å². The molecule has 0 bridgehead atoms. The normalized spacial score (nSPS) is 49.5. The zero-order valence-corrected chi connectivity index (χ0v) is 20.7. The number of hydrogen-bond donors (Lipinski definition) is 1. The predicted octanol–water partition coefficient (Wildman–Crippen LogP) is 6.38. The van der Waals surface area contributed by atoms with Crippen LogP contribution in [0.4, 0.5) is 13.2 Å². The average molecular weight is 461 g/mol. The summed E-state index contributed by atoms with van der Waals surface area (Å²) in [4.78, 5) is 0. The highest BCUT2D eigenvalue weighted by Gasteiger charge is 2.66. The minimum absolute atomic E-state index is 0.0437. The zero-order chi connectivity index (χ0) is 23.7. The van der Waals surface area contributed by atoms with E-state index >= 15 is 0 Å². The van der Waals surface area contributed by atoms with Gasteiger partial charge in [0.05, 0.1) is 11.7 Å². The molecule has 0 aromatic carbocycles. The molecule has 4 fully saturated rings. The van der Waals surface area contributed by atoms with Crippen LogP contribution in [0.2, 0.25) is 0 Å². The smallest absolute Gasteiger partial charge is 0.387 e. The summed E-state index contributed by atoms with van der Waals surface area (Å²) in [5.41, 5.74) is -2.82. The molecule has 0 unspecified atom stereocenters. The third kappa shape index (κ3) is 3.32. The van der Waals surface area contributed by atoms with Gasteiger partial charge >= 0.3 is 6.18 Å². The van der Waals surface area contributed by atoms with Gasteiger partial charge in [0.25, 0.3) is 0 Å². The van der Waals surface area contributed by atoms with Crippen molar-refractivity contribution >= 4 is 0 Å². The highest BCUT2D eigenvalue weighted by atomic mass is 19.4. The van der Waals surface area contributed by atoms with Crippen LogP contribution in [-0.4, -0.2) is 42.8 Å². The molecule has 0 radical (unpaired) electrons. The molecule has 32 heavy (non-hydrogen) atoms. The molecule has 0 heterocycles. The molecular formula is C26H43F3O3. The maximum atomic E-state index is 13.9. The largest absolute Gasteiger partial charge is 0.417 e. The number of hydrogen-bond acceptors (Lipinski definition) is 3. The Morgan fingerprint density at radius 2 is 1.56 bits per heavy atom. The molecule has 1 N–H and O–H groups in total. The summed E-state index contributed by atoms with van der Waals surface area (Å²) in [6.45, 7) is 8.55. The molecule has 3 nitrogen and oxygen atoms in total. The molecule has 10 atom stereocenters. The predicted molar refractivity (Wildman–Crippen MR) is 118 cm³/mol. The van der Waals surface area contributed by atoms with E-state index in [4.69, 9.17) is 9.47 Å². The molecular weight excluding hydrogens is 417 g/mol. The van der Waals surface area contributed by atoms with Crippen molar-refractivity contribution in [1.29, 1.82) is 0 Å². The highest BCUT2D eigenvalue weighted by Crippen LogP contribution is 2.70. The van der Waals surface area contributed by atoms with Gasteiger partial charge < -0.3 is 14.6 Å². The Bertz CT molecular complexity index is 709. The number of ether oxygens (including phenoxy) is 2. The molecule has 0 amide bonds. The lowest BCUT2D eigenvalue weighted by Crippen LogP contribution is -2.60. The van der Waals surface area contributed by atoms with E-state index in [1.54, 1.807) is 7.11 Å². The summed E-state index contributed by atoms with van der Waals surface area (Å²) >= 11 is 0. The highest BCUT2D eigenvalue weighted by molar-refractivity contribution is 5.13. The van der Waals surface area contributed by atoms with Crippen LogP contribution in [0.15, 0.2) is 0 Å². The fourth-order valence-electron chi connectivity index (χ4n) is 9.27. The van der Waals surface area contributed by atoms with Gasteiger partial charge in [0.2, 0.25) is 0 Å². The molecule has 4 rings (SSSR count). The van der Waals surface area contributed by atoms with Crippen LogP contribution in [0.5, 0.6) is 0 Å². The summed E-state index contributed by atoms with van der Waals surface area (Å²) in [5, 5.41) is 11.4. The van der Waals surface area contributed by atoms with Gasteiger partial charge in [-0.05, 0) is 112 Å². The molecule has 0 aromatic heterocycles. The van der Waals surface area contributed by atoms with E-state index < -0.39 is 17.4 Å². The first-order valence-electron chi connectivity index (χ1n) is 12.6. The summed E-state index contributed by atoms with van der Waals surface area (Å²) in [7, 11) is 2.90. The van der Waals surface area contributed by atoms with Gasteiger partial charge in [-0.25, -0.2) is 0 Å². The number of fused-ring (bicyclic) bond motifs is 5. The van der Waals surface area contributed by atoms with Crippen LogP contribution < -0.4 is 0 Å². The maximum Gasteiger partial charge on any atom is 0.417 e. The Balaban J connectivity index is 1.58. The second-order valence-electron chi connectivity index (χ2n) is 12.3. The van der Waals surface area contributed by atoms with Crippen molar-refractivity contribution in [3.63, 3.8) is 0 Å². The molecule has 4 aliphatic carbocycles. The van der Waals surface area contributed by atoms with E-state index in [0.717, 1.165) is 38.5 Å². The van der Waals surface area contributed by atoms with Crippen LogP contribution >= 0.6 is 0 Å². The van der Waals surface area contributed by atoms with Crippen molar-refractivity contribution in [3.05, 3.63) is 0 Å². The number of alkyl halides is 3. The quantitative estimate of drug-likeness (QED) is 0.529. The summed E-state index contributed by atoms with van der Waals surface area (Å²) in [6, 6.07) is 0. The van der Waals surface area contributed by atoms with Gasteiger partial charge in [-0.15, -0.1) is 0 Å². The fourth-order valence-corrected chi connectivity index (χ4v) is 9.27. The summed E-state index contributed by atoms with van der Waals surface area (Å²) in [5.74, 6) is 1.83. The van der Waals surface area contributed by atoms with Crippen LogP contribution in [-0.2, 0) is 9.47 Å². The summed E-state index contributed by atoms with van der Waals surface area (Å²) in [6.07, 6.45) is 2.34. The summed E-state index contributed by atoms with van der Waals surface area (Å²) < 4.78 is 52.5.